The molecule has 1 fully saturated rings. The number of ether oxygens (including phenoxy) is 2. The van der Waals surface area contributed by atoms with Crippen LogP contribution in [0.5, 0.6) is 5.75 Å². The first-order chi connectivity index (χ1) is 16.1. The van der Waals surface area contributed by atoms with Crippen LogP contribution in [0.15, 0.2) is 78.9 Å². The molecule has 3 aromatic rings. The molecule has 6 heteroatoms. The van der Waals surface area contributed by atoms with Gasteiger partial charge in [-0.2, -0.15) is 0 Å². The Hall–Kier alpha value is -3.64. The largest absolute Gasteiger partial charge is 0.481 e. The van der Waals surface area contributed by atoms with Crippen molar-refractivity contribution < 1.29 is 19.1 Å². The number of rotatable bonds is 8. The van der Waals surface area contributed by atoms with E-state index in [2.05, 4.69) is 10.6 Å². The highest BCUT2D eigenvalue weighted by Gasteiger charge is 2.18. The predicted molar refractivity (Wildman–Crippen MR) is 128 cm³/mol. The molecule has 33 heavy (non-hydrogen) atoms. The van der Waals surface area contributed by atoms with Crippen molar-refractivity contribution in [3.63, 3.8) is 0 Å². The van der Waals surface area contributed by atoms with E-state index in [-0.39, 0.29) is 17.9 Å². The third kappa shape index (κ3) is 6.20. The molecule has 0 bridgehead atoms. The first-order valence-corrected chi connectivity index (χ1v) is 11.2. The Balaban J connectivity index is 1.31. The van der Waals surface area contributed by atoms with E-state index in [0.29, 0.717) is 23.5 Å². The summed E-state index contributed by atoms with van der Waals surface area (Å²) in [4.78, 5) is 25.1. The van der Waals surface area contributed by atoms with Crippen molar-refractivity contribution in [1.29, 1.82) is 0 Å². The lowest BCUT2D eigenvalue weighted by atomic mass is 10.1. The lowest BCUT2D eigenvalue weighted by Gasteiger charge is -2.16. The van der Waals surface area contributed by atoms with Crippen LogP contribution in [0, 0.1) is 0 Å². The molecule has 0 aliphatic carbocycles. The summed E-state index contributed by atoms with van der Waals surface area (Å²) in [7, 11) is 0. The Morgan fingerprint density at radius 2 is 1.76 bits per heavy atom. The van der Waals surface area contributed by atoms with E-state index in [4.69, 9.17) is 9.47 Å². The molecule has 0 aromatic heterocycles. The normalized spacial score (nSPS) is 16.1. The lowest BCUT2D eigenvalue weighted by Crippen LogP contribution is -2.32. The first-order valence-electron chi connectivity index (χ1n) is 11.2. The summed E-state index contributed by atoms with van der Waals surface area (Å²) in [5.74, 6) is 0.128. The number of amides is 2. The van der Waals surface area contributed by atoms with Crippen LogP contribution < -0.4 is 15.4 Å². The summed E-state index contributed by atoms with van der Waals surface area (Å²) < 4.78 is 11.3. The summed E-state index contributed by atoms with van der Waals surface area (Å²) in [6, 6.07) is 24.6. The topological polar surface area (TPSA) is 76.7 Å². The number of carbonyl (C=O) groups is 2. The predicted octanol–water partition coefficient (Wildman–Crippen LogP) is 4.67. The van der Waals surface area contributed by atoms with E-state index < -0.39 is 6.10 Å². The van der Waals surface area contributed by atoms with E-state index >= 15 is 0 Å². The van der Waals surface area contributed by atoms with Crippen LogP contribution in [0.3, 0.4) is 0 Å². The van der Waals surface area contributed by atoms with Gasteiger partial charge in [0.05, 0.1) is 6.10 Å². The molecule has 1 heterocycles. The second-order valence-corrected chi connectivity index (χ2v) is 8.07. The molecule has 1 aliphatic heterocycles. The van der Waals surface area contributed by atoms with Gasteiger partial charge in [-0.1, -0.05) is 48.5 Å². The van der Waals surface area contributed by atoms with Crippen LogP contribution in [0.2, 0.25) is 0 Å². The summed E-state index contributed by atoms with van der Waals surface area (Å²) in [6.07, 6.45) is 1.36. The van der Waals surface area contributed by atoms with Gasteiger partial charge in [0.2, 0.25) is 0 Å². The molecular formula is C27H28N2O4. The van der Waals surface area contributed by atoms with Crippen LogP contribution in [0.4, 0.5) is 5.69 Å². The van der Waals surface area contributed by atoms with E-state index in [9.17, 15) is 9.59 Å². The maximum Gasteiger partial charge on any atom is 0.265 e. The standard InChI is InChI=1S/C27H28N2O4/c1-19(33-24-14-12-21(13-15-24)20-7-3-2-4-8-20)26(30)29-23-10-5-9-22(17-23)27(31)28-18-25-11-6-16-32-25/h2-5,7-10,12-15,17,19,25H,6,11,16,18H2,1H3,(H,28,31)(H,29,30). The molecule has 0 radical (unpaired) electrons. The summed E-state index contributed by atoms with van der Waals surface area (Å²) >= 11 is 0. The zero-order valence-corrected chi connectivity index (χ0v) is 18.6. The number of hydrogen-bond acceptors (Lipinski definition) is 4. The third-order valence-electron chi connectivity index (χ3n) is 5.55. The monoisotopic (exact) mass is 444 g/mol. The highest BCUT2D eigenvalue weighted by Crippen LogP contribution is 2.23. The number of carbonyl (C=O) groups excluding carboxylic acids is 2. The molecule has 0 saturated carbocycles. The Kier molecular flexibility index (Phi) is 7.37. The zero-order valence-electron chi connectivity index (χ0n) is 18.6. The fraction of sp³-hybridized carbons (Fsp3) is 0.259. The Morgan fingerprint density at radius 3 is 2.48 bits per heavy atom. The van der Waals surface area contributed by atoms with Gasteiger partial charge in [-0.05, 0) is 61.2 Å². The van der Waals surface area contributed by atoms with Crippen molar-refractivity contribution in [3.05, 3.63) is 84.4 Å². The summed E-state index contributed by atoms with van der Waals surface area (Å²) in [5, 5.41) is 5.71. The number of benzene rings is 3. The molecular weight excluding hydrogens is 416 g/mol. The minimum atomic E-state index is -0.704. The quantitative estimate of drug-likeness (QED) is 0.529. The van der Waals surface area contributed by atoms with E-state index in [1.165, 1.54) is 0 Å². The van der Waals surface area contributed by atoms with Gasteiger partial charge >= 0.3 is 0 Å². The Morgan fingerprint density at radius 1 is 1.00 bits per heavy atom. The Labute approximate surface area is 193 Å². The molecule has 2 unspecified atom stereocenters. The zero-order chi connectivity index (χ0) is 23.0. The molecule has 4 rings (SSSR count). The number of anilines is 1. The molecule has 2 atom stereocenters. The number of hydrogen-bond donors (Lipinski definition) is 2. The van der Waals surface area contributed by atoms with Crippen LogP contribution in [0.25, 0.3) is 11.1 Å². The molecule has 1 aliphatic rings. The van der Waals surface area contributed by atoms with Crippen LogP contribution in [0.1, 0.15) is 30.1 Å². The van der Waals surface area contributed by atoms with Gasteiger partial charge in [0.15, 0.2) is 6.10 Å². The van der Waals surface area contributed by atoms with E-state index in [1.807, 2.05) is 54.6 Å². The van der Waals surface area contributed by atoms with Crippen LogP contribution in [-0.2, 0) is 9.53 Å². The molecule has 1 saturated heterocycles. The summed E-state index contributed by atoms with van der Waals surface area (Å²) in [6.45, 7) is 2.93. The average molecular weight is 445 g/mol. The first kappa shape index (κ1) is 22.6. The van der Waals surface area contributed by atoms with Crippen LogP contribution >= 0.6 is 0 Å². The molecule has 3 aromatic carbocycles. The van der Waals surface area contributed by atoms with Crippen molar-refractivity contribution in [2.75, 3.05) is 18.5 Å². The Bertz CT molecular complexity index is 1080. The number of nitrogens with one attached hydrogen (secondary N) is 2. The second kappa shape index (κ2) is 10.8. The highest BCUT2D eigenvalue weighted by molar-refractivity contribution is 5.98. The van der Waals surface area contributed by atoms with Crippen molar-refractivity contribution in [3.8, 4) is 16.9 Å². The second-order valence-electron chi connectivity index (χ2n) is 8.07. The molecule has 2 amide bonds. The van der Waals surface area contributed by atoms with Gasteiger partial charge in [0.1, 0.15) is 5.75 Å². The summed E-state index contributed by atoms with van der Waals surface area (Å²) in [5.41, 5.74) is 3.22. The molecule has 170 valence electrons. The van der Waals surface area contributed by atoms with E-state index in [0.717, 1.165) is 30.6 Å². The van der Waals surface area contributed by atoms with Crippen molar-refractivity contribution >= 4 is 17.5 Å². The van der Waals surface area contributed by atoms with E-state index in [1.54, 1.807) is 31.2 Å². The minimum Gasteiger partial charge on any atom is -0.481 e. The molecule has 0 spiro atoms. The minimum absolute atomic E-state index is 0.0802. The fourth-order valence-corrected chi connectivity index (χ4v) is 3.71. The fourth-order valence-electron chi connectivity index (χ4n) is 3.71. The van der Waals surface area contributed by atoms with Gasteiger partial charge in [-0.15, -0.1) is 0 Å². The van der Waals surface area contributed by atoms with Gasteiger partial charge < -0.3 is 20.1 Å². The van der Waals surface area contributed by atoms with Gasteiger partial charge in [-0.25, -0.2) is 0 Å². The maximum atomic E-state index is 12.6. The van der Waals surface area contributed by atoms with Crippen molar-refractivity contribution in [2.24, 2.45) is 0 Å². The van der Waals surface area contributed by atoms with Crippen molar-refractivity contribution in [1.82, 2.24) is 5.32 Å². The van der Waals surface area contributed by atoms with Gasteiger partial charge in [0, 0.05) is 24.4 Å². The average Bonchev–Trinajstić information content (AvgIpc) is 3.37. The van der Waals surface area contributed by atoms with Crippen LogP contribution in [-0.4, -0.2) is 37.2 Å². The highest BCUT2D eigenvalue weighted by atomic mass is 16.5. The third-order valence-corrected chi connectivity index (χ3v) is 5.55. The van der Waals surface area contributed by atoms with Gasteiger partial charge in [-0.3, -0.25) is 9.59 Å². The smallest absolute Gasteiger partial charge is 0.265 e. The SMILES string of the molecule is CC(Oc1ccc(-c2ccccc2)cc1)C(=O)Nc1cccc(C(=O)NCC2CCCO2)c1. The van der Waals surface area contributed by atoms with Crippen molar-refractivity contribution in [2.45, 2.75) is 32.0 Å². The molecule has 6 nitrogen and oxygen atoms in total. The van der Waals surface area contributed by atoms with Gasteiger partial charge in [0.25, 0.3) is 11.8 Å². The maximum absolute atomic E-state index is 12.6. The molecule has 2 N–H and O–H groups in total. The lowest BCUT2D eigenvalue weighted by molar-refractivity contribution is -0.122.